The highest BCUT2D eigenvalue weighted by atomic mass is 16.5. The lowest BCUT2D eigenvalue weighted by molar-refractivity contribution is -0.0212. The van der Waals surface area contributed by atoms with Gasteiger partial charge in [-0.25, -0.2) is 4.98 Å². The predicted octanol–water partition coefficient (Wildman–Crippen LogP) is 2.88. The molecule has 21 heavy (non-hydrogen) atoms. The first-order valence-electron chi connectivity index (χ1n) is 7.81. The number of rotatable bonds is 4. The van der Waals surface area contributed by atoms with Crippen molar-refractivity contribution in [2.75, 3.05) is 0 Å². The maximum Gasteiger partial charge on any atom is 0.140 e. The second-order valence-corrected chi connectivity index (χ2v) is 6.90. The molecule has 0 amide bonds. The molecule has 0 aromatic carbocycles. The van der Waals surface area contributed by atoms with Crippen molar-refractivity contribution >= 4 is 11.0 Å². The van der Waals surface area contributed by atoms with Crippen LogP contribution in [0, 0.1) is 0 Å². The van der Waals surface area contributed by atoms with E-state index < -0.39 is 0 Å². The van der Waals surface area contributed by atoms with Crippen LogP contribution in [-0.4, -0.2) is 27.3 Å². The number of aromatic nitrogens is 2. The van der Waals surface area contributed by atoms with E-state index in [9.17, 15) is 0 Å². The molecular formula is C17H25N3O. The van der Waals surface area contributed by atoms with Crippen LogP contribution in [0.3, 0.4) is 0 Å². The summed E-state index contributed by atoms with van der Waals surface area (Å²) in [4.78, 5) is 4.55. The summed E-state index contributed by atoms with van der Waals surface area (Å²) < 4.78 is 8.35. The summed E-state index contributed by atoms with van der Waals surface area (Å²) in [7, 11) is 0. The summed E-state index contributed by atoms with van der Waals surface area (Å²) in [5, 5.41) is 1.21. The molecule has 1 aliphatic heterocycles. The molecule has 0 spiro atoms. The van der Waals surface area contributed by atoms with Crippen LogP contribution >= 0.6 is 0 Å². The third-order valence-corrected chi connectivity index (χ3v) is 4.21. The number of pyridine rings is 1. The number of hydrogen-bond donors (Lipinski definition) is 1. The van der Waals surface area contributed by atoms with Gasteiger partial charge in [-0.05, 0) is 57.7 Å². The predicted molar refractivity (Wildman–Crippen MR) is 85.3 cm³/mol. The van der Waals surface area contributed by atoms with E-state index in [1.165, 1.54) is 10.9 Å². The highest BCUT2D eigenvalue weighted by molar-refractivity contribution is 5.80. The zero-order valence-corrected chi connectivity index (χ0v) is 13.2. The van der Waals surface area contributed by atoms with Crippen LogP contribution in [0.4, 0.5) is 0 Å². The highest BCUT2D eigenvalue weighted by Crippen LogP contribution is 2.31. The highest BCUT2D eigenvalue weighted by Gasteiger charge is 2.32. The van der Waals surface area contributed by atoms with E-state index in [-0.39, 0.29) is 17.7 Å². The minimum atomic E-state index is 0.00958. The Kier molecular flexibility index (Phi) is 3.76. The molecule has 3 rings (SSSR count). The van der Waals surface area contributed by atoms with Crippen molar-refractivity contribution in [2.45, 2.75) is 64.3 Å². The van der Waals surface area contributed by atoms with Gasteiger partial charge < -0.3 is 15.0 Å². The van der Waals surface area contributed by atoms with Gasteiger partial charge in [0.05, 0.1) is 18.2 Å². The van der Waals surface area contributed by atoms with E-state index >= 15 is 0 Å². The lowest BCUT2D eigenvalue weighted by atomic mass is 10.1. The van der Waals surface area contributed by atoms with Gasteiger partial charge in [0, 0.05) is 23.8 Å². The number of hydrogen-bond acceptors (Lipinski definition) is 3. The molecule has 0 saturated carbocycles. The fraction of sp³-hybridized carbons (Fsp3) is 0.588. The summed E-state index contributed by atoms with van der Waals surface area (Å²) in [6.07, 6.45) is 7.45. The van der Waals surface area contributed by atoms with E-state index in [0.717, 1.165) is 31.5 Å². The maximum absolute atomic E-state index is 6.12. The molecule has 0 radical (unpaired) electrons. The fourth-order valence-electron chi connectivity index (χ4n) is 3.27. The Labute approximate surface area is 126 Å². The van der Waals surface area contributed by atoms with Gasteiger partial charge in [-0.3, -0.25) is 0 Å². The van der Waals surface area contributed by atoms with Crippen molar-refractivity contribution in [3.63, 3.8) is 0 Å². The first-order chi connectivity index (χ1) is 9.94. The first kappa shape index (κ1) is 14.5. The Morgan fingerprint density at radius 2 is 2.33 bits per heavy atom. The van der Waals surface area contributed by atoms with E-state index in [0.29, 0.717) is 0 Å². The SMILES string of the molecule is CC(N)Cc1cn(CC2CCC(C)(C)O2)c2ncccc12. The van der Waals surface area contributed by atoms with Gasteiger partial charge in [0.1, 0.15) is 5.65 Å². The summed E-state index contributed by atoms with van der Waals surface area (Å²) in [6.45, 7) is 7.25. The standard InChI is InChI=1S/C17H25N3O/c1-12(18)9-13-10-20(16-15(13)5-4-8-19-16)11-14-6-7-17(2,3)21-14/h4-5,8,10,12,14H,6-7,9,11,18H2,1-3H3. The molecule has 2 aromatic heterocycles. The van der Waals surface area contributed by atoms with Crippen LogP contribution < -0.4 is 5.73 Å². The molecule has 1 saturated heterocycles. The van der Waals surface area contributed by atoms with E-state index in [1.807, 2.05) is 19.2 Å². The molecule has 4 nitrogen and oxygen atoms in total. The normalized spacial score (nSPS) is 22.8. The quantitative estimate of drug-likeness (QED) is 0.940. The summed E-state index contributed by atoms with van der Waals surface area (Å²) >= 11 is 0. The average molecular weight is 287 g/mol. The van der Waals surface area contributed by atoms with Crippen LogP contribution in [0.15, 0.2) is 24.5 Å². The second-order valence-electron chi connectivity index (χ2n) is 6.90. The number of ether oxygens (including phenoxy) is 1. The lowest BCUT2D eigenvalue weighted by Crippen LogP contribution is -2.22. The average Bonchev–Trinajstić information content (AvgIpc) is 2.91. The smallest absolute Gasteiger partial charge is 0.140 e. The molecule has 1 fully saturated rings. The van der Waals surface area contributed by atoms with Crippen LogP contribution in [0.2, 0.25) is 0 Å². The van der Waals surface area contributed by atoms with Gasteiger partial charge in [-0.2, -0.15) is 0 Å². The zero-order chi connectivity index (χ0) is 15.0. The van der Waals surface area contributed by atoms with Crippen molar-refractivity contribution in [3.05, 3.63) is 30.1 Å². The summed E-state index contributed by atoms with van der Waals surface area (Å²) in [5.74, 6) is 0. The molecule has 2 aromatic rings. The van der Waals surface area contributed by atoms with Crippen molar-refractivity contribution in [3.8, 4) is 0 Å². The van der Waals surface area contributed by atoms with E-state index in [2.05, 4.69) is 35.7 Å². The van der Waals surface area contributed by atoms with Crippen LogP contribution in [0.5, 0.6) is 0 Å². The van der Waals surface area contributed by atoms with Crippen molar-refractivity contribution < 1.29 is 4.74 Å². The minimum Gasteiger partial charge on any atom is -0.370 e. The molecule has 2 atom stereocenters. The Hall–Kier alpha value is -1.39. The molecule has 0 aliphatic carbocycles. The topological polar surface area (TPSA) is 53.1 Å². The van der Waals surface area contributed by atoms with Crippen molar-refractivity contribution in [1.29, 1.82) is 0 Å². The maximum atomic E-state index is 6.12. The van der Waals surface area contributed by atoms with Gasteiger partial charge in [0.2, 0.25) is 0 Å². The molecule has 2 N–H and O–H groups in total. The first-order valence-corrected chi connectivity index (χ1v) is 7.81. The van der Waals surface area contributed by atoms with Crippen LogP contribution in [0.25, 0.3) is 11.0 Å². The van der Waals surface area contributed by atoms with E-state index in [4.69, 9.17) is 10.5 Å². The summed E-state index contributed by atoms with van der Waals surface area (Å²) in [6, 6.07) is 4.29. The van der Waals surface area contributed by atoms with Gasteiger partial charge >= 0.3 is 0 Å². The second kappa shape index (κ2) is 5.43. The molecule has 4 heteroatoms. The van der Waals surface area contributed by atoms with Crippen LogP contribution in [-0.2, 0) is 17.7 Å². The minimum absolute atomic E-state index is 0.00958. The third-order valence-electron chi connectivity index (χ3n) is 4.21. The molecule has 0 bridgehead atoms. The lowest BCUT2D eigenvalue weighted by Gasteiger charge is -2.19. The Bertz CT molecular complexity index is 630. The van der Waals surface area contributed by atoms with Gasteiger partial charge in [-0.15, -0.1) is 0 Å². The Balaban J connectivity index is 1.88. The van der Waals surface area contributed by atoms with Gasteiger partial charge in [-0.1, -0.05) is 0 Å². The monoisotopic (exact) mass is 287 g/mol. The van der Waals surface area contributed by atoms with Gasteiger partial charge in [0.25, 0.3) is 0 Å². The zero-order valence-electron chi connectivity index (χ0n) is 13.2. The molecule has 2 unspecified atom stereocenters. The molecule has 1 aliphatic rings. The molecular weight excluding hydrogens is 262 g/mol. The molecule has 3 heterocycles. The third kappa shape index (κ3) is 3.11. The van der Waals surface area contributed by atoms with Crippen LogP contribution in [0.1, 0.15) is 39.2 Å². The fourth-order valence-corrected chi connectivity index (χ4v) is 3.27. The number of nitrogens with zero attached hydrogens (tertiary/aromatic N) is 2. The van der Waals surface area contributed by atoms with E-state index in [1.54, 1.807) is 0 Å². The Morgan fingerprint density at radius 1 is 1.52 bits per heavy atom. The molecule has 114 valence electrons. The number of fused-ring (bicyclic) bond motifs is 1. The van der Waals surface area contributed by atoms with Gasteiger partial charge in [0.15, 0.2) is 0 Å². The van der Waals surface area contributed by atoms with Crippen molar-refractivity contribution in [1.82, 2.24) is 9.55 Å². The number of nitrogens with two attached hydrogens (primary N) is 1. The Morgan fingerprint density at radius 3 is 3.00 bits per heavy atom. The largest absolute Gasteiger partial charge is 0.370 e. The van der Waals surface area contributed by atoms with Crippen molar-refractivity contribution in [2.24, 2.45) is 5.73 Å². The summed E-state index contributed by atoms with van der Waals surface area (Å²) in [5.41, 5.74) is 8.30.